The molecule has 3 amide bonds. The third-order valence-corrected chi connectivity index (χ3v) is 7.91. The number of anilines is 5. The summed E-state index contributed by atoms with van der Waals surface area (Å²) in [5.41, 5.74) is 5.71. The molecule has 0 aromatic heterocycles. The number of ether oxygens (including phenoxy) is 1. The van der Waals surface area contributed by atoms with Gasteiger partial charge in [-0.05, 0) is 73.8 Å². The molecule has 0 atom stereocenters. The van der Waals surface area contributed by atoms with Crippen LogP contribution in [0.2, 0.25) is 0 Å². The average Bonchev–Trinajstić information content (AvgIpc) is 3.38. The van der Waals surface area contributed by atoms with E-state index in [4.69, 9.17) is 4.74 Å². The highest BCUT2D eigenvalue weighted by molar-refractivity contribution is 6.32. The third kappa shape index (κ3) is 6.81. The number of carbonyl (C=O) groups excluding carboxylic acids is 3. The Bertz CT molecular complexity index is 1760. The van der Waals surface area contributed by atoms with Crippen molar-refractivity contribution in [1.29, 1.82) is 0 Å². The summed E-state index contributed by atoms with van der Waals surface area (Å²) in [5.74, 6) is 0.206. The zero-order valence-electron chi connectivity index (χ0n) is 25.1. The van der Waals surface area contributed by atoms with E-state index < -0.39 is 6.03 Å². The molecule has 1 fully saturated rings. The number of hydrogen-bond acceptors (Lipinski definition) is 7. The number of piperazine rings is 1. The second-order valence-corrected chi connectivity index (χ2v) is 11.0. The van der Waals surface area contributed by atoms with E-state index in [0.29, 0.717) is 45.1 Å². The van der Waals surface area contributed by atoms with Crippen LogP contribution in [0.5, 0.6) is 5.75 Å². The number of fused-ring (bicyclic) bond motifs is 1. The molecule has 0 radical (unpaired) electrons. The lowest BCUT2D eigenvalue weighted by molar-refractivity contribution is -0.110. The lowest BCUT2D eigenvalue weighted by atomic mass is 9.99. The van der Waals surface area contributed by atoms with E-state index in [1.807, 2.05) is 12.1 Å². The van der Waals surface area contributed by atoms with Crippen LogP contribution < -0.4 is 30.9 Å². The zero-order valence-corrected chi connectivity index (χ0v) is 25.1. The summed E-state index contributed by atoms with van der Waals surface area (Å²) in [7, 11) is 3.71. The summed E-state index contributed by atoms with van der Waals surface area (Å²) in [6.07, 6.45) is 1.69. The van der Waals surface area contributed by atoms with E-state index in [9.17, 15) is 14.4 Å². The van der Waals surface area contributed by atoms with Gasteiger partial charge in [-0.1, -0.05) is 24.3 Å². The molecule has 0 spiro atoms. The van der Waals surface area contributed by atoms with Gasteiger partial charge in [0.2, 0.25) is 0 Å². The van der Waals surface area contributed by atoms with Crippen molar-refractivity contribution in [2.24, 2.45) is 0 Å². The Labute approximate surface area is 261 Å². The lowest BCUT2D eigenvalue weighted by Gasteiger charge is -2.34. The molecule has 2 heterocycles. The van der Waals surface area contributed by atoms with Crippen LogP contribution in [-0.4, -0.2) is 63.0 Å². The number of amides is 3. The summed E-state index contributed by atoms with van der Waals surface area (Å²) < 4.78 is 5.14. The number of rotatable bonds is 8. The number of ketones is 1. The van der Waals surface area contributed by atoms with Crippen LogP contribution >= 0.6 is 0 Å². The first-order valence-corrected chi connectivity index (χ1v) is 14.7. The van der Waals surface area contributed by atoms with E-state index >= 15 is 0 Å². The number of carbonyl (C=O) groups is 3. The minimum Gasteiger partial charge on any atom is -0.497 e. The van der Waals surface area contributed by atoms with Crippen LogP contribution in [0, 0.1) is 0 Å². The van der Waals surface area contributed by atoms with Crippen LogP contribution in [0.4, 0.5) is 33.2 Å². The molecule has 0 aliphatic carbocycles. The van der Waals surface area contributed by atoms with Crippen molar-refractivity contribution in [2.45, 2.75) is 0 Å². The van der Waals surface area contributed by atoms with Gasteiger partial charge in [-0.3, -0.25) is 9.59 Å². The van der Waals surface area contributed by atoms with Gasteiger partial charge in [0.25, 0.3) is 5.91 Å². The Morgan fingerprint density at radius 3 is 2.22 bits per heavy atom. The number of urea groups is 1. The fraction of sp³-hybridized carbons (Fsp3) is 0.171. The normalized spacial score (nSPS) is 15.3. The molecule has 4 aromatic rings. The molecule has 4 N–H and O–H groups in total. The summed E-state index contributed by atoms with van der Waals surface area (Å²) in [6, 6.07) is 26.6. The minimum atomic E-state index is -0.441. The van der Waals surface area contributed by atoms with Gasteiger partial charge < -0.3 is 35.8 Å². The first-order chi connectivity index (χ1) is 21.9. The fourth-order valence-electron chi connectivity index (χ4n) is 5.34. The van der Waals surface area contributed by atoms with Crippen LogP contribution in [0.25, 0.3) is 5.57 Å². The number of nitrogens with zero attached hydrogens (tertiary/aromatic N) is 2. The van der Waals surface area contributed by atoms with E-state index in [1.54, 1.807) is 80.0 Å². The third-order valence-electron chi connectivity index (χ3n) is 7.91. The molecule has 2 aliphatic heterocycles. The average molecular weight is 603 g/mol. The van der Waals surface area contributed by atoms with Gasteiger partial charge in [0.05, 0.1) is 12.7 Å². The minimum absolute atomic E-state index is 0.234. The fourth-order valence-corrected chi connectivity index (χ4v) is 5.34. The van der Waals surface area contributed by atoms with Crippen molar-refractivity contribution < 1.29 is 19.1 Å². The molecule has 0 saturated carbocycles. The smallest absolute Gasteiger partial charge is 0.323 e. The first kappa shape index (κ1) is 29.5. The molecule has 10 nitrogen and oxygen atoms in total. The number of hydrogen-bond donors (Lipinski definition) is 4. The first-order valence-electron chi connectivity index (χ1n) is 14.7. The Hall–Kier alpha value is -5.61. The van der Waals surface area contributed by atoms with Gasteiger partial charge >= 0.3 is 6.03 Å². The predicted molar refractivity (Wildman–Crippen MR) is 178 cm³/mol. The van der Waals surface area contributed by atoms with Crippen molar-refractivity contribution in [3.05, 3.63) is 114 Å². The SMILES string of the molecule is COc1ccc(NC(=O)Nc2cccc(C(=O)c3ccc4c(c3)NC(=O)C4=CNc3ccc(N4CCN(C)CC4)cc3)c2)cc1. The van der Waals surface area contributed by atoms with Crippen molar-refractivity contribution in [1.82, 2.24) is 4.90 Å². The van der Waals surface area contributed by atoms with Crippen LogP contribution in [0.15, 0.2) is 97.2 Å². The van der Waals surface area contributed by atoms with Crippen LogP contribution in [0.3, 0.4) is 0 Å². The van der Waals surface area contributed by atoms with Crippen LogP contribution in [-0.2, 0) is 4.79 Å². The molecule has 45 heavy (non-hydrogen) atoms. The maximum Gasteiger partial charge on any atom is 0.323 e. The Balaban J connectivity index is 1.10. The van der Waals surface area contributed by atoms with E-state index in [0.717, 1.165) is 31.9 Å². The number of likely N-dealkylation sites (N-methyl/N-ethyl adjacent to an activating group) is 1. The molecular weight excluding hydrogens is 568 g/mol. The highest BCUT2D eigenvalue weighted by atomic mass is 16.5. The van der Waals surface area contributed by atoms with E-state index in [-0.39, 0.29) is 11.7 Å². The van der Waals surface area contributed by atoms with Gasteiger partial charge in [0.15, 0.2) is 5.78 Å². The van der Waals surface area contributed by atoms with Crippen molar-refractivity contribution in [3.8, 4) is 5.75 Å². The molecule has 1 saturated heterocycles. The molecule has 228 valence electrons. The largest absolute Gasteiger partial charge is 0.497 e. The molecule has 0 unspecified atom stereocenters. The summed E-state index contributed by atoms with van der Waals surface area (Å²) in [6.45, 7) is 4.09. The molecule has 6 rings (SSSR count). The van der Waals surface area contributed by atoms with Crippen molar-refractivity contribution in [2.75, 3.05) is 66.5 Å². The monoisotopic (exact) mass is 602 g/mol. The lowest BCUT2D eigenvalue weighted by Crippen LogP contribution is -2.44. The van der Waals surface area contributed by atoms with Crippen molar-refractivity contribution >= 4 is 51.7 Å². The van der Waals surface area contributed by atoms with Crippen molar-refractivity contribution in [3.63, 3.8) is 0 Å². The second kappa shape index (κ2) is 12.9. The van der Waals surface area contributed by atoms with Gasteiger partial charge in [0.1, 0.15) is 5.75 Å². The highest BCUT2D eigenvalue weighted by Gasteiger charge is 2.25. The Kier molecular flexibility index (Phi) is 8.47. The van der Waals surface area contributed by atoms with Crippen LogP contribution in [0.1, 0.15) is 21.5 Å². The van der Waals surface area contributed by atoms with Gasteiger partial charge in [-0.15, -0.1) is 0 Å². The molecule has 10 heteroatoms. The molecule has 0 bridgehead atoms. The van der Waals surface area contributed by atoms with Gasteiger partial charge in [-0.25, -0.2) is 4.79 Å². The predicted octanol–water partition coefficient (Wildman–Crippen LogP) is 5.73. The number of nitrogens with one attached hydrogen (secondary N) is 4. The standard InChI is InChI=1S/C35H34N6O4/c1-40-16-18-41(19-17-40)28-11-7-25(8-12-28)36-22-31-30-15-6-24(21-32(30)39-34(31)43)33(42)23-4-3-5-27(20-23)38-35(44)37-26-9-13-29(45-2)14-10-26/h3-15,20-22,36H,16-19H2,1-2H3,(H,39,43)(H2,37,38,44). The summed E-state index contributed by atoms with van der Waals surface area (Å²) in [5, 5.41) is 11.6. The van der Waals surface area contributed by atoms with E-state index in [1.165, 1.54) is 5.69 Å². The molecular formula is C35H34N6O4. The number of methoxy groups -OCH3 is 1. The highest BCUT2D eigenvalue weighted by Crippen LogP contribution is 2.33. The summed E-state index contributed by atoms with van der Waals surface area (Å²) in [4.78, 5) is 43.4. The molecule has 4 aromatic carbocycles. The molecule has 2 aliphatic rings. The number of benzene rings is 4. The van der Waals surface area contributed by atoms with Gasteiger partial charge in [-0.2, -0.15) is 0 Å². The Morgan fingerprint density at radius 1 is 0.800 bits per heavy atom. The maximum absolute atomic E-state index is 13.4. The maximum atomic E-state index is 13.4. The van der Waals surface area contributed by atoms with E-state index in [2.05, 4.69) is 50.2 Å². The van der Waals surface area contributed by atoms with Gasteiger partial charge in [0, 0.05) is 77.5 Å². The second-order valence-electron chi connectivity index (χ2n) is 11.0. The summed E-state index contributed by atoms with van der Waals surface area (Å²) >= 11 is 0. The zero-order chi connectivity index (χ0) is 31.3. The Morgan fingerprint density at radius 2 is 1.49 bits per heavy atom. The quantitative estimate of drug-likeness (QED) is 0.151. The topological polar surface area (TPSA) is 115 Å².